The van der Waals surface area contributed by atoms with Crippen molar-refractivity contribution in [2.45, 2.75) is 45.3 Å². The summed E-state index contributed by atoms with van der Waals surface area (Å²) in [6.45, 7) is 7.30. The van der Waals surface area contributed by atoms with Gasteiger partial charge in [-0.1, -0.05) is 0 Å². The van der Waals surface area contributed by atoms with Crippen LogP contribution in [0.15, 0.2) is 18.7 Å². The van der Waals surface area contributed by atoms with Crippen LogP contribution < -0.4 is 10.2 Å². The minimum absolute atomic E-state index is 0.0961. The molecule has 2 rings (SSSR count). The van der Waals surface area contributed by atoms with E-state index in [0.717, 1.165) is 31.6 Å². The Morgan fingerprint density at radius 3 is 2.75 bits per heavy atom. The first-order valence-electron chi connectivity index (χ1n) is 6.93. The molecule has 0 spiro atoms. The standard InChI is InChI=1S/C14H22N4O2/c1-14(2,3)20-13(19)17-11-5-4-6-18(9-11)12-7-15-10-16-8-12/h7-8,10-11H,4-6,9H2,1-3H3,(H,17,19)/t11-/m0/s1. The van der Waals surface area contributed by atoms with E-state index in [0.29, 0.717) is 0 Å². The molecule has 1 fully saturated rings. The number of amides is 1. The minimum Gasteiger partial charge on any atom is -0.444 e. The molecular formula is C14H22N4O2. The molecule has 6 nitrogen and oxygen atoms in total. The average molecular weight is 278 g/mol. The number of piperidine rings is 1. The van der Waals surface area contributed by atoms with Crippen LogP contribution in [-0.2, 0) is 4.74 Å². The van der Waals surface area contributed by atoms with Gasteiger partial charge in [-0.3, -0.25) is 0 Å². The van der Waals surface area contributed by atoms with Crippen LogP contribution in [0.1, 0.15) is 33.6 Å². The first kappa shape index (κ1) is 14.6. The number of nitrogens with one attached hydrogen (secondary N) is 1. The van der Waals surface area contributed by atoms with Crippen LogP contribution in [0.2, 0.25) is 0 Å². The third kappa shape index (κ3) is 4.36. The maximum Gasteiger partial charge on any atom is 0.407 e. The number of aromatic nitrogens is 2. The van der Waals surface area contributed by atoms with Crippen molar-refractivity contribution in [1.82, 2.24) is 15.3 Å². The lowest BCUT2D eigenvalue weighted by atomic mass is 10.1. The molecule has 1 atom stereocenters. The van der Waals surface area contributed by atoms with Gasteiger partial charge in [0.15, 0.2) is 0 Å². The zero-order chi connectivity index (χ0) is 14.6. The predicted octanol–water partition coefficient (Wildman–Crippen LogP) is 1.97. The van der Waals surface area contributed by atoms with Gasteiger partial charge in [0.05, 0.1) is 18.1 Å². The molecule has 110 valence electrons. The maximum atomic E-state index is 11.8. The fraction of sp³-hybridized carbons (Fsp3) is 0.643. The number of hydrogen-bond acceptors (Lipinski definition) is 5. The molecule has 6 heteroatoms. The number of hydrogen-bond donors (Lipinski definition) is 1. The van der Waals surface area contributed by atoms with E-state index in [-0.39, 0.29) is 12.1 Å². The van der Waals surface area contributed by atoms with Gasteiger partial charge in [0.2, 0.25) is 0 Å². The van der Waals surface area contributed by atoms with Gasteiger partial charge in [-0.25, -0.2) is 14.8 Å². The Balaban J connectivity index is 1.89. The zero-order valence-corrected chi connectivity index (χ0v) is 12.3. The molecule has 0 aliphatic carbocycles. The van der Waals surface area contributed by atoms with Crippen molar-refractivity contribution in [3.8, 4) is 0 Å². The molecule has 2 heterocycles. The second-order valence-electron chi connectivity index (χ2n) is 6.03. The van der Waals surface area contributed by atoms with Crippen molar-refractivity contribution in [2.24, 2.45) is 0 Å². The fourth-order valence-electron chi connectivity index (χ4n) is 2.26. The Hall–Kier alpha value is -1.85. The summed E-state index contributed by atoms with van der Waals surface area (Å²) in [5.74, 6) is 0. The van der Waals surface area contributed by atoms with Crippen LogP contribution in [-0.4, -0.2) is 40.8 Å². The Morgan fingerprint density at radius 1 is 1.40 bits per heavy atom. The van der Waals surface area contributed by atoms with E-state index in [2.05, 4.69) is 20.2 Å². The number of carbonyl (C=O) groups is 1. The summed E-state index contributed by atoms with van der Waals surface area (Å²) in [5.41, 5.74) is 0.523. The summed E-state index contributed by atoms with van der Waals surface area (Å²) in [6.07, 6.45) is 6.74. The number of alkyl carbamates (subject to hydrolysis) is 1. The zero-order valence-electron chi connectivity index (χ0n) is 12.3. The van der Waals surface area contributed by atoms with Crippen molar-refractivity contribution in [1.29, 1.82) is 0 Å². The van der Waals surface area contributed by atoms with E-state index in [1.165, 1.54) is 6.33 Å². The summed E-state index contributed by atoms with van der Waals surface area (Å²) in [7, 11) is 0. The molecule has 1 amide bonds. The van der Waals surface area contributed by atoms with Gasteiger partial charge in [-0.05, 0) is 33.6 Å². The highest BCUT2D eigenvalue weighted by atomic mass is 16.6. The van der Waals surface area contributed by atoms with Crippen molar-refractivity contribution < 1.29 is 9.53 Å². The second kappa shape index (κ2) is 6.07. The summed E-state index contributed by atoms with van der Waals surface area (Å²) >= 11 is 0. The lowest BCUT2D eigenvalue weighted by Crippen LogP contribution is -2.49. The minimum atomic E-state index is -0.467. The molecule has 0 radical (unpaired) electrons. The number of rotatable bonds is 2. The van der Waals surface area contributed by atoms with Crippen LogP contribution in [0, 0.1) is 0 Å². The van der Waals surface area contributed by atoms with Crippen LogP contribution in [0.25, 0.3) is 0 Å². The van der Waals surface area contributed by atoms with Crippen molar-refractivity contribution >= 4 is 11.8 Å². The van der Waals surface area contributed by atoms with Crippen LogP contribution in [0.4, 0.5) is 10.5 Å². The van der Waals surface area contributed by atoms with E-state index in [9.17, 15) is 4.79 Å². The molecular weight excluding hydrogens is 256 g/mol. The van der Waals surface area contributed by atoms with Crippen molar-refractivity contribution in [2.75, 3.05) is 18.0 Å². The van der Waals surface area contributed by atoms with E-state index in [1.807, 2.05) is 20.8 Å². The van der Waals surface area contributed by atoms with Gasteiger partial charge in [0, 0.05) is 19.1 Å². The number of ether oxygens (including phenoxy) is 1. The third-order valence-electron chi connectivity index (χ3n) is 3.05. The molecule has 20 heavy (non-hydrogen) atoms. The fourth-order valence-corrected chi connectivity index (χ4v) is 2.26. The molecule has 1 aliphatic rings. The molecule has 1 aromatic rings. The summed E-state index contributed by atoms with van der Waals surface area (Å²) in [6, 6.07) is 0.0961. The lowest BCUT2D eigenvalue weighted by molar-refractivity contribution is 0.0500. The third-order valence-corrected chi connectivity index (χ3v) is 3.05. The van der Waals surface area contributed by atoms with Gasteiger partial charge in [0.25, 0.3) is 0 Å². The quantitative estimate of drug-likeness (QED) is 0.896. The Morgan fingerprint density at radius 2 is 2.10 bits per heavy atom. The van der Waals surface area contributed by atoms with Gasteiger partial charge >= 0.3 is 6.09 Å². The lowest BCUT2D eigenvalue weighted by Gasteiger charge is -2.34. The molecule has 1 aromatic heterocycles. The van der Waals surface area contributed by atoms with Crippen molar-refractivity contribution in [3.63, 3.8) is 0 Å². The predicted molar refractivity (Wildman–Crippen MR) is 76.6 cm³/mol. The Bertz CT molecular complexity index is 444. The van der Waals surface area contributed by atoms with E-state index >= 15 is 0 Å². The maximum absolute atomic E-state index is 11.8. The van der Waals surface area contributed by atoms with Gasteiger partial charge < -0.3 is 15.0 Å². The summed E-state index contributed by atoms with van der Waals surface area (Å²) in [4.78, 5) is 22.0. The highest BCUT2D eigenvalue weighted by molar-refractivity contribution is 5.68. The first-order valence-corrected chi connectivity index (χ1v) is 6.93. The molecule has 1 aliphatic heterocycles. The van der Waals surface area contributed by atoms with Gasteiger partial charge in [-0.2, -0.15) is 0 Å². The molecule has 0 saturated carbocycles. The highest BCUT2D eigenvalue weighted by Crippen LogP contribution is 2.18. The van der Waals surface area contributed by atoms with Crippen LogP contribution in [0.5, 0.6) is 0 Å². The number of nitrogens with zero attached hydrogens (tertiary/aromatic N) is 3. The molecule has 1 N–H and O–H groups in total. The Kier molecular flexibility index (Phi) is 4.42. The van der Waals surface area contributed by atoms with Gasteiger partial charge in [-0.15, -0.1) is 0 Å². The summed E-state index contributed by atoms with van der Waals surface area (Å²) in [5, 5.41) is 2.93. The smallest absolute Gasteiger partial charge is 0.407 e. The number of anilines is 1. The molecule has 0 aromatic carbocycles. The van der Waals surface area contributed by atoms with Gasteiger partial charge in [0.1, 0.15) is 11.9 Å². The second-order valence-corrected chi connectivity index (χ2v) is 6.03. The average Bonchev–Trinajstić information content (AvgIpc) is 2.38. The monoisotopic (exact) mass is 278 g/mol. The largest absolute Gasteiger partial charge is 0.444 e. The SMILES string of the molecule is CC(C)(C)OC(=O)N[C@H]1CCCN(c2cncnc2)C1. The molecule has 0 bridgehead atoms. The normalized spacial score (nSPS) is 19.6. The Labute approximate surface area is 119 Å². The van der Waals surface area contributed by atoms with E-state index < -0.39 is 5.60 Å². The summed E-state index contributed by atoms with van der Waals surface area (Å²) < 4.78 is 5.29. The molecule has 1 saturated heterocycles. The highest BCUT2D eigenvalue weighted by Gasteiger charge is 2.24. The molecule has 0 unspecified atom stereocenters. The van der Waals surface area contributed by atoms with Crippen molar-refractivity contribution in [3.05, 3.63) is 18.7 Å². The topological polar surface area (TPSA) is 67.3 Å². The van der Waals surface area contributed by atoms with Crippen LogP contribution in [0.3, 0.4) is 0 Å². The van der Waals surface area contributed by atoms with E-state index in [4.69, 9.17) is 4.74 Å². The first-order chi connectivity index (χ1) is 9.44. The number of carbonyl (C=O) groups excluding carboxylic acids is 1. The van der Waals surface area contributed by atoms with Crippen LogP contribution >= 0.6 is 0 Å². The van der Waals surface area contributed by atoms with E-state index in [1.54, 1.807) is 12.4 Å².